The van der Waals surface area contributed by atoms with Crippen LogP contribution in [0.15, 0.2) is 48.5 Å². The van der Waals surface area contributed by atoms with Gasteiger partial charge in [-0.05, 0) is 18.2 Å². The van der Waals surface area contributed by atoms with E-state index in [9.17, 15) is 10.1 Å². The van der Waals surface area contributed by atoms with Gasteiger partial charge >= 0.3 is 0 Å². The smallest absolute Gasteiger partial charge is 0.271 e. The second-order valence-electron chi connectivity index (χ2n) is 4.38. The van der Waals surface area contributed by atoms with Gasteiger partial charge in [-0.3, -0.25) is 10.1 Å². The molecule has 0 aliphatic heterocycles. The van der Waals surface area contributed by atoms with Gasteiger partial charge in [-0.1, -0.05) is 18.2 Å². The van der Waals surface area contributed by atoms with Crippen molar-refractivity contribution in [1.82, 2.24) is 9.97 Å². The number of fused-ring (bicyclic) bond motifs is 1. The normalized spacial score (nSPS) is 10.5. The molecule has 2 aromatic carbocycles. The number of nitro groups is 1. The minimum absolute atomic E-state index is 0.00578. The molecule has 0 bridgehead atoms. The lowest BCUT2D eigenvalue weighted by Gasteiger charge is -2.07. The van der Waals surface area contributed by atoms with Crippen molar-refractivity contribution in [3.63, 3.8) is 0 Å². The molecule has 0 atom stereocenters. The molecule has 0 spiro atoms. The maximum atomic E-state index is 10.8. The molecule has 0 saturated carbocycles. The second-order valence-corrected chi connectivity index (χ2v) is 4.38. The fourth-order valence-electron chi connectivity index (χ4n) is 1.98. The van der Waals surface area contributed by atoms with Gasteiger partial charge in [0.15, 0.2) is 0 Å². The first-order chi connectivity index (χ1) is 10.1. The highest BCUT2D eigenvalue weighted by atomic mass is 16.6. The van der Waals surface area contributed by atoms with Gasteiger partial charge in [0.25, 0.3) is 5.69 Å². The van der Waals surface area contributed by atoms with E-state index in [1.54, 1.807) is 12.1 Å². The summed E-state index contributed by atoms with van der Waals surface area (Å²) in [5.41, 5.74) is 7.12. The first-order valence-corrected chi connectivity index (χ1v) is 6.17. The quantitative estimate of drug-likeness (QED) is 0.564. The van der Waals surface area contributed by atoms with Crippen LogP contribution in [-0.4, -0.2) is 14.9 Å². The largest absolute Gasteiger partial charge is 0.383 e. The average Bonchev–Trinajstić information content (AvgIpc) is 2.47. The number of hydrogen-bond acceptors (Lipinski definition) is 6. The van der Waals surface area contributed by atoms with Crippen molar-refractivity contribution < 1.29 is 4.92 Å². The Morgan fingerprint density at radius 1 is 1.10 bits per heavy atom. The Morgan fingerprint density at radius 3 is 2.71 bits per heavy atom. The minimum atomic E-state index is -0.458. The summed E-state index contributed by atoms with van der Waals surface area (Å²) in [6.45, 7) is 0. The molecule has 0 aliphatic rings. The summed E-state index contributed by atoms with van der Waals surface area (Å²) in [6, 6.07) is 13.5. The minimum Gasteiger partial charge on any atom is -0.383 e. The third-order valence-electron chi connectivity index (χ3n) is 2.95. The molecular formula is C14H11N5O2. The van der Waals surface area contributed by atoms with Crippen LogP contribution in [0.4, 0.5) is 23.1 Å². The number of non-ortho nitro benzene ring substituents is 1. The molecule has 0 radical (unpaired) electrons. The first-order valence-electron chi connectivity index (χ1n) is 6.17. The molecule has 0 saturated heterocycles. The second kappa shape index (κ2) is 5.04. The molecule has 0 unspecified atom stereocenters. The van der Waals surface area contributed by atoms with Crippen molar-refractivity contribution in [1.29, 1.82) is 0 Å². The molecule has 0 amide bonds. The number of rotatable bonds is 3. The van der Waals surface area contributed by atoms with Crippen LogP contribution >= 0.6 is 0 Å². The average molecular weight is 281 g/mol. The summed E-state index contributed by atoms with van der Waals surface area (Å²) in [4.78, 5) is 18.8. The Hall–Kier alpha value is -3.22. The SMILES string of the molecule is Nc1nc(Nc2cccc([N+](=O)[O-])c2)nc2ccccc12. The summed E-state index contributed by atoms with van der Waals surface area (Å²) in [7, 11) is 0. The zero-order chi connectivity index (χ0) is 14.8. The van der Waals surface area contributed by atoms with Gasteiger partial charge in [0.2, 0.25) is 5.95 Å². The predicted molar refractivity (Wildman–Crippen MR) is 80.3 cm³/mol. The number of hydrogen-bond donors (Lipinski definition) is 2. The Balaban J connectivity index is 1.98. The summed E-state index contributed by atoms with van der Waals surface area (Å²) in [6.07, 6.45) is 0. The van der Waals surface area contributed by atoms with Crippen LogP contribution in [0.2, 0.25) is 0 Å². The van der Waals surface area contributed by atoms with Gasteiger partial charge < -0.3 is 11.1 Å². The number of benzene rings is 2. The lowest BCUT2D eigenvalue weighted by molar-refractivity contribution is -0.384. The van der Waals surface area contributed by atoms with Crippen molar-refractivity contribution in [2.45, 2.75) is 0 Å². The summed E-state index contributed by atoms with van der Waals surface area (Å²) >= 11 is 0. The van der Waals surface area contributed by atoms with E-state index in [0.29, 0.717) is 23.0 Å². The van der Waals surface area contributed by atoms with E-state index in [-0.39, 0.29) is 5.69 Å². The van der Waals surface area contributed by atoms with Gasteiger partial charge in [-0.15, -0.1) is 0 Å². The highest BCUT2D eigenvalue weighted by Gasteiger charge is 2.08. The molecule has 104 valence electrons. The third-order valence-corrected chi connectivity index (χ3v) is 2.95. The molecule has 3 N–H and O–H groups in total. The number of nitrogens with zero attached hydrogens (tertiary/aromatic N) is 3. The van der Waals surface area contributed by atoms with E-state index < -0.39 is 4.92 Å². The Morgan fingerprint density at radius 2 is 1.90 bits per heavy atom. The van der Waals surface area contributed by atoms with Gasteiger partial charge in [0, 0.05) is 23.2 Å². The standard InChI is InChI=1S/C14H11N5O2/c15-13-11-6-1-2-7-12(11)17-14(18-13)16-9-4-3-5-10(8-9)19(20)21/h1-8H,(H3,15,16,17,18). The van der Waals surface area contributed by atoms with E-state index >= 15 is 0 Å². The fourth-order valence-corrected chi connectivity index (χ4v) is 1.98. The topological polar surface area (TPSA) is 107 Å². The van der Waals surface area contributed by atoms with E-state index in [4.69, 9.17) is 5.73 Å². The van der Waals surface area contributed by atoms with Crippen LogP contribution < -0.4 is 11.1 Å². The molecule has 7 nitrogen and oxygen atoms in total. The van der Waals surface area contributed by atoms with E-state index in [1.165, 1.54) is 12.1 Å². The first kappa shape index (κ1) is 12.8. The maximum absolute atomic E-state index is 10.8. The third kappa shape index (κ3) is 2.57. The zero-order valence-electron chi connectivity index (χ0n) is 10.9. The highest BCUT2D eigenvalue weighted by Crippen LogP contribution is 2.23. The number of nitro benzene ring substituents is 1. The summed E-state index contributed by atoms with van der Waals surface area (Å²) in [5, 5.41) is 14.5. The molecule has 7 heteroatoms. The van der Waals surface area contributed by atoms with E-state index in [2.05, 4.69) is 15.3 Å². The lowest BCUT2D eigenvalue weighted by atomic mass is 10.2. The number of nitrogens with two attached hydrogens (primary N) is 1. The van der Waals surface area contributed by atoms with Crippen LogP contribution in [0.25, 0.3) is 10.9 Å². The molecule has 3 rings (SSSR count). The van der Waals surface area contributed by atoms with Gasteiger partial charge in [-0.25, -0.2) is 4.98 Å². The highest BCUT2D eigenvalue weighted by molar-refractivity contribution is 5.89. The van der Waals surface area contributed by atoms with Gasteiger partial charge in [-0.2, -0.15) is 4.98 Å². The molecule has 1 aromatic heterocycles. The number of aromatic nitrogens is 2. The number of para-hydroxylation sites is 1. The monoisotopic (exact) mass is 281 g/mol. The van der Waals surface area contributed by atoms with Crippen molar-refractivity contribution in [3.05, 3.63) is 58.6 Å². The fraction of sp³-hybridized carbons (Fsp3) is 0. The van der Waals surface area contributed by atoms with E-state index in [1.807, 2.05) is 24.3 Å². The molecule has 1 heterocycles. The van der Waals surface area contributed by atoms with Crippen LogP contribution in [0.1, 0.15) is 0 Å². The Bertz CT molecular complexity index is 834. The number of nitrogen functional groups attached to an aromatic ring is 1. The predicted octanol–water partition coefficient (Wildman–Crippen LogP) is 2.86. The molecular weight excluding hydrogens is 270 g/mol. The Kier molecular flexibility index (Phi) is 3.07. The van der Waals surface area contributed by atoms with Crippen molar-refractivity contribution in [2.75, 3.05) is 11.1 Å². The maximum Gasteiger partial charge on any atom is 0.271 e. The number of anilines is 3. The van der Waals surface area contributed by atoms with Gasteiger partial charge in [0.1, 0.15) is 5.82 Å². The van der Waals surface area contributed by atoms with Crippen LogP contribution in [0, 0.1) is 10.1 Å². The van der Waals surface area contributed by atoms with E-state index in [0.717, 1.165) is 5.39 Å². The summed E-state index contributed by atoms with van der Waals surface area (Å²) < 4.78 is 0. The molecule has 21 heavy (non-hydrogen) atoms. The van der Waals surface area contributed by atoms with Crippen molar-refractivity contribution in [3.8, 4) is 0 Å². The molecule has 0 aliphatic carbocycles. The number of nitrogens with one attached hydrogen (secondary N) is 1. The zero-order valence-corrected chi connectivity index (χ0v) is 10.9. The Labute approximate surface area is 119 Å². The van der Waals surface area contributed by atoms with Crippen molar-refractivity contribution in [2.24, 2.45) is 0 Å². The summed E-state index contributed by atoms with van der Waals surface area (Å²) in [5.74, 6) is 0.653. The van der Waals surface area contributed by atoms with Crippen molar-refractivity contribution >= 4 is 34.0 Å². The van der Waals surface area contributed by atoms with Crippen LogP contribution in [0.3, 0.4) is 0 Å². The van der Waals surface area contributed by atoms with Gasteiger partial charge in [0.05, 0.1) is 10.4 Å². The lowest BCUT2D eigenvalue weighted by Crippen LogP contribution is -2.01. The van der Waals surface area contributed by atoms with Crippen LogP contribution in [-0.2, 0) is 0 Å². The van der Waals surface area contributed by atoms with Crippen LogP contribution in [0.5, 0.6) is 0 Å². The molecule has 3 aromatic rings. The molecule has 0 fully saturated rings.